The topological polar surface area (TPSA) is 95.9 Å². The van der Waals surface area contributed by atoms with Crippen molar-refractivity contribution in [3.63, 3.8) is 0 Å². The Bertz CT molecular complexity index is 1180. The van der Waals surface area contributed by atoms with Gasteiger partial charge in [0.05, 0.1) is 25.2 Å². The van der Waals surface area contributed by atoms with Crippen molar-refractivity contribution in [3.05, 3.63) is 97.2 Å². The van der Waals surface area contributed by atoms with Crippen LogP contribution >= 0.6 is 0 Å². The first-order chi connectivity index (χ1) is 28.5. The van der Waals surface area contributed by atoms with Crippen molar-refractivity contribution in [3.8, 4) is 0 Å². The Morgan fingerprint density at radius 1 is 0.534 bits per heavy atom. The molecule has 0 radical (unpaired) electrons. The van der Waals surface area contributed by atoms with Crippen LogP contribution in [-0.2, 0) is 14.3 Å². The molecule has 0 spiro atoms. The van der Waals surface area contributed by atoms with E-state index in [0.29, 0.717) is 19.3 Å². The molecule has 3 atom stereocenters. The van der Waals surface area contributed by atoms with E-state index < -0.39 is 18.2 Å². The minimum atomic E-state index is -0.831. The molecule has 3 N–H and O–H groups in total. The highest BCUT2D eigenvalue weighted by molar-refractivity contribution is 5.78. The maximum absolute atomic E-state index is 13.1. The molecular formula is C52H87NO5. The quantitative estimate of drug-likeness (QED) is 0.0326. The van der Waals surface area contributed by atoms with E-state index in [1.54, 1.807) is 6.08 Å². The summed E-state index contributed by atoms with van der Waals surface area (Å²) in [6.07, 6.45) is 59.4. The predicted molar refractivity (Wildman–Crippen MR) is 250 cm³/mol. The maximum atomic E-state index is 13.1. The normalized spacial score (nSPS) is 14.2. The Hall–Kier alpha value is -3.22. The average Bonchev–Trinajstić information content (AvgIpc) is 3.22. The van der Waals surface area contributed by atoms with Crippen LogP contribution in [0.25, 0.3) is 0 Å². The zero-order valence-corrected chi connectivity index (χ0v) is 37.4. The molecule has 1 amide bonds. The van der Waals surface area contributed by atoms with Gasteiger partial charge in [-0.05, 0) is 76.7 Å². The molecular weight excluding hydrogens is 719 g/mol. The van der Waals surface area contributed by atoms with Gasteiger partial charge in [-0.1, -0.05) is 202 Å². The van der Waals surface area contributed by atoms with Gasteiger partial charge in [-0.2, -0.15) is 0 Å². The predicted octanol–water partition coefficient (Wildman–Crippen LogP) is 13.8. The highest BCUT2D eigenvalue weighted by atomic mass is 16.5. The lowest BCUT2D eigenvalue weighted by Gasteiger charge is -2.23. The fraction of sp³-hybridized carbons (Fsp3) is 0.654. The van der Waals surface area contributed by atoms with Crippen molar-refractivity contribution in [2.24, 2.45) is 0 Å². The molecule has 0 fully saturated rings. The third-order valence-electron chi connectivity index (χ3n) is 9.91. The van der Waals surface area contributed by atoms with Crippen molar-refractivity contribution in [1.29, 1.82) is 0 Å². The largest absolute Gasteiger partial charge is 0.458 e. The van der Waals surface area contributed by atoms with Crippen molar-refractivity contribution < 1.29 is 24.5 Å². The van der Waals surface area contributed by atoms with Crippen LogP contribution in [-0.4, -0.2) is 46.9 Å². The molecule has 0 aliphatic rings. The van der Waals surface area contributed by atoms with Crippen LogP contribution in [0.2, 0.25) is 0 Å². The number of aliphatic hydroxyl groups is 2. The third kappa shape index (κ3) is 39.6. The molecule has 6 nitrogen and oxygen atoms in total. The van der Waals surface area contributed by atoms with Crippen LogP contribution in [0, 0.1) is 0 Å². The first-order valence-corrected chi connectivity index (χ1v) is 23.5. The summed E-state index contributed by atoms with van der Waals surface area (Å²) in [5, 5.41) is 23.5. The molecule has 0 aliphatic carbocycles. The van der Waals surface area contributed by atoms with Crippen LogP contribution in [0.5, 0.6) is 0 Å². The number of hydrogen-bond acceptors (Lipinski definition) is 5. The van der Waals surface area contributed by atoms with Gasteiger partial charge in [0.1, 0.15) is 6.10 Å². The van der Waals surface area contributed by atoms with Gasteiger partial charge in [-0.3, -0.25) is 9.59 Å². The minimum Gasteiger partial charge on any atom is -0.458 e. The van der Waals surface area contributed by atoms with Gasteiger partial charge < -0.3 is 20.3 Å². The smallest absolute Gasteiger partial charge is 0.306 e. The molecule has 0 aromatic carbocycles. The highest BCUT2D eigenvalue weighted by Gasteiger charge is 2.23. The van der Waals surface area contributed by atoms with E-state index in [0.717, 1.165) is 64.2 Å². The Morgan fingerprint density at radius 3 is 1.47 bits per heavy atom. The Balaban J connectivity index is 4.91. The maximum Gasteiger partial charge on any atom is 0.306 e. The summed E-state index contributed by atoms with van der Waals surface area (Å²) in [4.78, 5) is 25.9. The van der Waals surface area contributed by atoms with Crippen LogP contribution in [0.15, 0.2) is 97.2 Å². The van der Waals surface area contributed by atoms with Gasteiger partial charge >= 0.3 is 5.97 Å². The molecule has 3 unspecified atom stereocenters. The summed E-state index contributed by atoms with van der Waals surface area (Å²) in [6.45, 7) is 6.26. The molecule has 0 aromatic rings. The van der Waals surface area contributed by atoms with E-state index in [1.807, 2.05) is 12.2 Å². The molecule has 0 aromatic heterocycles. The number of ether oxygens (including phenoxy) is 1. The molecule has 0 rings (SSSR count). The molecule has 58 heavy (non-hydrogen) atoms. The number of carbonyl (C=O) groups excluding carboxylic acids is 2. The lowest BCUT2D eigenvalue weighted by molar-refractivity contribution is -0.148. The molecule has 0 saturated heterocycles. The first kappa shape index (κ1) is 54.8. The van der Waals surface area contributed by atoms with Crippen LogP contribution in [0.4, 0.5) is 0 Å². The number of esters is 1. The zero-order valence-electron chi connectivity index (χ0n) is 37.4. The lowest BCUT2D eigenvalue weighted by atomic mass is 10.0. The van der Waals surface area contributed by atoms with Gasteiger partial charge in [-0.25, -0.2) is 0 Å². The number of allylic oxidation sites excluding steroid dienone is 15. The fourth-order valence-corrected chi connectivity index (χ4v) is 6.36. The van der Waals surface area contributed by atoms with Gasteiger partial charge in [0.15, 0.2) is 0 Å². The summed E-state index contributed by atoms with van der Waals surface area (Å²) < 4.78 is 5.76. The molecule has 330 valence electrons. The van der Waals surface area contributed by atoms with Gasteiger partial charge in [0.25, 0.3) is 0 Å². The lowest BCUT2D eigenvalue weighted by Crippen LogP contribution is -2.46. The second-order valence-electron chi connectivity index (χ2n) is 15.4. The van der Waals surface area contributed by atoms with Crippen molar-refractivity contribution >= 4 is 11.9 Å². The highest BCUT2D eigenvalue weighted by Crippen LogP contribution is 2.14. The van der Waals surface area contributed by atoms with E-state index >= 15 is 0 Å². The monoisotopic (exact) mass is 806 g/mol. The second-order valence-corrected chi connectivity index (χ2v) is 15.4. The third-order valence-corrected chi connectivity index (χ3v) is 9.91. The van der Waals surface area contributed by atoms with Crippen LogP contribution < -0.4 is 5.32 Å². The molecule has 6 heteroatoms. The summed E-state index contributed by atoms with van der Waals surface area (Å²) in [5.74, 6) is -0.722. The minimum absolute atomic E-state index is 0.0750. The van der Waals surface area contributed by atoms with E-state index in [9.17, 15) is 19.8 Å². The number of nitrogens with one attached hydrogen (secondary N) is 1. The summed E-state index contributed by atoms with van der Waals surface area (Å²) in [5.41, 5.74) is 0. The standard InChI is InChI=1S/C52H87NO5/c1-4-7-10-13-16-19-21-23-24-25-26-28-29-32-34-37-40-43-48(58-52(57)45-42-39-36-33-30-27-22-20-17-14-11-8-5-2)46-51(56)53-49(47-54)50(55)44-41-38-35-31-18-15-12-9-6-3/h7,10,16,19,23-24,26-28,30,32,34,36,39-40,43,48-50,54-55H,4-6,8-9,11-15,17-18,20-22,25,29,31,33,35,37-38,41-42,44-47H2,1-3H3,(H,53,56)/b10-7-,19-16-,24-23-,28-26-,30-27-,34-32-,39-36+,43-40-. The fourth-order valence-electron chi connectivity index (χ4n) is 6.36. The van der Waals surface area contributed by atoms with Crippen LogP contribution in [0.1, 0.15) is 194 Å². The van der Waals surface area contributed by atoms with Crippen molar-refractivity contribution in [1.82, 2.24) is 5.32 Å². The van der Waals surface area contributed by atoms with E-state index in [4.69, 9.17) is 4.74 Å². The Labute approximate surface area is 356 Å². The zero-order chi connectivity index (χ0) is 42.4. The SMILES string of the molecule is CC/C=C\C/C=C\C/C=C\C/C=C\C/C=C\C/C=C\C(CC(=O)NC(CO)C(O)CCCCCCCCCCC)OC(=O)CC/C=C/C/C=C\CCCCCCCC. The molecule has 0 heterocycles. The number of rotatable bonds is 40. The van der Waals surface area contributed by atoms with Crippen LogP contribution in [0.3, 0.4) is 0 Å². The Kier molecular flexibility index (Phi) is 42.4. The summed E-state index contributed by atoms with van der Waals surface area (Å²) in [7, 11) is 0. The van der Waals surface area contributed by atoms with Crippen molar-refractivity contribution in [2.45, 2.75) is 212 Å². The molecule has 0 saturated carbocycles. The van der Waals surface area contributed by atoms with Crippen molar-refractivity contribution in [2.75, 3.05) is 6.61 Å². The number of aliphatic hydroxyl groups excluding tert-OH is 2. The van der Waals surface area contributed by atoms with Gasteiger partial charge in [0.2, 0.25) is 5.91 Å². The van der Waals surface area contributed by atoms with E-state index in [-0.39, 0.29) is 31.3 Å². The molecule has 0 bridgehead atoms. The Morgan fingerprint density at radius 2 is 0.966 bits per heavy atom. The second kappa shape index (κ2) is 44.9. The van der Waals surface area contributed by atoms with Gasteiger partial charge in [0, 0.05) is 6.42 Å². The summed E-state index contributed by atoms with van der Waals surface area (Å²) >= 11 is 0. The number of unbranched alkanes of at least 4 members (excludes halogenated alkanes) is 14. The van der Waals surface area contributed by atoms with E-state index in [1.165, 1.54) is 77.0 Å². The number of hydrogen-bond donors (Lipinski definition) is 3. The summed E-state index contributed by atoms with van der Waals surface area (Å²) in [6, 6.07) is -0.756. The first-order valence-electron chi connectivity index (χ1n) is 23.5. The number of amides is 1. The van der Waals surface area contributed by atoms with E-state index in [2.05, 4.69) is 105 Å². The molecule has 0 aliphatic heterocycles. The number of carbonyl (C=O) groups is 2. The average molecular weight is 806 g/mol. The van der Waals surface area contributed by atoms with Gasteiger partial charge in [-0.15, -0.1) is 0 Å².